The molecule has 0 N–H and O–H groups in total. The first-order valence-corrected chi connectivity index (χ1v) is 7.58. The van der Waals surface area contributed by atoms with Crippen LogP contribution in [-0.4, -0.2) is 12.0 Å². The molecule has 0 saturated heterocycles. The molecular weight excluding hydrogens is 253 g/mol. The number of hydrogen-bond acceptors (Lipinski definition) is 1. The highest BCUT2D eigenvalue weighted by molar-refractivity contribution is 5.81. The van der Waals surface area contributed by atoms with Crippen molar-refractivity contribution in [2.45, 2.75) is 70.4 Å². The molecule has 0 heterocycles. The van der Waals surface area contributed by atoms with Crippen molar-refractivity contribution in [2.75, 3.05) is 0 Å². The maximum absolute atomic E-state index is 13.0. The Morgan fingerprint density at radius 2 is 1.47 bits per heavy atom. The fourth-order valence-corrected chi connectivity index (χ4v) is 3.74. The maximum atomic E-state index is 13.0. The number of Topliss-reactive ketones (excluding diaryl/α,β-unsaturated/α-hetero) is 1. The van der Waals surface area contributed by atoms with Gasteiger partial charge < -0.3 is 0 Å². The summed E-state index contributed by atoms with van der Waals surface area (Å²) in [7, 11) is 0. The zero-order chi connectivity index (χ0) is 13.9. The second-order valence-corrected chi connectivity index (χ2v) is 6.21. The van der Waals surface area contributed by atoms with E-state index in [1.807, 2.05) is 0 Å². The van der Waals surface area contributed by atoms with E-state index in [1.165, 1.54) is 6.42 Å². The maximum Gasteiger partial charge on any atom is 0.392 e. The average Bonchev–Trinajstić information content (AvgIpc) is 2.39. The minimum absolute atomic E-state index is 0.117. The van der Waals surface area contributed by atoms with Gasteiger partial charge in [-0.15, -0.1) is 0 Å². The van der Waals surface area contributed by atoms with Crippen LogP contribution < -0.4 is 0 Å². The van der Waals surface area contributed by atoms with E-state index in [4.69, 9.17) is 0 Å². The van der Waals surface area contributed by atoms with Crippen LogP contribution in [0.25, 0.3) is 0 Å². The van der Waals surface area contributed by atoms with Crippen LogP contribution >= 0.6 is 0 Å². The quantitative estimate of drug-likeness (QED) is 0.717. The standard InChI is InChI=1S/C15H23F3O/c16-15(17,18)13-9-5-4-8-12(13)14(19)10-11-6-2-1-3-7-11/h11-13H,1-10H2. The SMILES string of the molecule is O=C(CC1CCCCC1)C1CCCCC1C(F)(F)F. The van der Waals surface area contributed by atoms with Gasteiger partial charge in [-0.3, -0.25) is 4.79 Å². The molecule has 2 fully saturated rings. The van der Waals surface area contributed by atoms with Crippen molar-refractivity contribution >= 4 is 5.78 Å². The van der Waals surface area contributed by atoms with Crippen molar-refractivity contribution < 1.29 is 18.0 Å². The number of carbonyl (C=O) groups excluding carboxylic acids is 1. The van der Waals surface area contributed by atoms with Gasteiger partial charge in [0.25, 0.3) is 0 Å². The van der Waals surface area contributed by atoms with E-state index in [-0.39, 0.29) is 12.2 Å². The molecule has 2 aliphatic carbocycles. The largest absolute Gasteiger partial charge is 0.392 e. The molecule has 110 valence electrons. The average molecular weight is 276 g/mol. The van der Waals surface area contributed by atoms with Crippen LogP contribution in [0.5, 0.6) is 0 Å². The third kappa shape index (κ3) is 3.96. The Morgan fingerprint density at radius 3 is 2.11 bits per heavy atom. The van der Waals surface area contributed by atoms with Gasteiger partial charge in [-0.2, -0.15) is 13.2 Å². The Labute approximate surface area is 112 Å². The molecule has 0 aliphatic heterocycles. The van der Waals surface area contributed by atoms with E-state index in [0.717, 1.165) is 32.1 Å². The molecule has 0 bridgehead atoms. The van der Waals surface area contributed by atoms with E-state index in [2.05, 4.69) is 0 Å². The lowest BCUT2D eigenvalue weighted by molar-refractivity contribution is -0.197. The van der Waals surface area contributed by atoms with Gasteiger partial charge >= 0.3 is 6.18 Å². The Morgan fingerprint density at radius 1 is 0.895 bits per heavy atom. The molecule has 0 aromatic rings. The number of hydrogen-bond donors (Lipinski definition) is 0. The van der Waals surface area contributed by atoms with E-state index in [0.29, 0.717) is 25.2 Å². The van der Waals surface area contributed by atoms with Crippen LogP contribution in [0.2, 0.25) is 0 Å². The van der Waals surface area contributed by atoms with Gasteiger partial charge in [0, 0.05) is 12.3 Å². The summed E-state index contributed by atoms with van der Waals surface area (Å²) in [5.41, 5.74) is 0. The predicted octanol–water partition coefficient (Wildman–Crippen LogP) is 4.89. The number of halogens is 3. The summed E-state index contributed by atoms with van der Waals surface area (Å²) in [6, 6.07) is 0. The molecule has 0 amide bonds. The molecule has 2 rings (SSSR count). The summed E-state index contributed by atoms with van der Waals surface area (Å²) >= 11 is 0. The highest BCUT2D eigenvalue weighted by atomic mass is 19.4. The van der Waals surface area contributed by atoms with E-state index in [9.17, 15) is 18.0 Å². The zero-order valence-corrected chi connectivity index (χ0v) is 11.3. The van der Waals surface area contributed by atoms with E-state index in [1.54, 1.807) is 0 Å². The first-order valence-electron chi connectivity index (χ1n) is 7.58. The second-order valence-electron chi connectivity index (χ2n) is 6.21. The molecule has 1 nitrogen and oxygen atoms in total. The first-order chi connectivity index (χ1) is 8.98. The van der Waals surface area contributed by atoms with Gasteiger partial charge in [-0.05, 0) is 18.8 Å². The topological polar surface area (TPSA) is 17.1 Å². The summed E-state index contributed by atoms with van der Waals surface area (Å²) in [5, 5.41) is 0. The summed E-state index contributed by atoms with van der Waals surface area (Å²) in [6.45, 7) is 0. The van der Waals surface area contributed by atoms with Crippen molar-refractivity contribution in [1.82, 2.24) is 0 Å². The Hall–Kier alpha value is -0.540. The molecule has 2 aliphatic rings. The van der Waals surface area contributed by atoms with Crippen LogP contribution in [0.1, 0.15) is 64.2 Å². The van der Waals surface area contributed by atoms with Crippen molar-refractivity contribution in [3.05, 3.63) is 0 Å². The molecule has 0 aromatic heterocycles. The van der Waals surface area contributed by atoms with Gasteiger partial charge in [0.15, 0.2) is 0 Å². The van der Waals surface area contributed by atoms with Gasteiger partial charge in [0.05, 0.1) is 5.92 Å². The van der Waals surface area contributed by atoms with Crippen LogP contribution in [-0.2, 0) is 4.79 Å². The van der Waals surface area contributed by atoms with E-state index < -0.39 is 18.0 Å². The minimum Gasteiger partial charge on any atom is -0.299 e. The fraction of sp³-hybridized carbons (Fsp3) is 0.933. The van der Waals surface area contributed by atoms with Crippen LogP contribution in [0, 0.1) is 17.8 Å². The van der Waals surface area contributed by atoms with Gasteiger partial charge in [0.1, 0.15) is 5.78 Å². The zero-order valence-electron chi connectivity index (χ0n) is 11.3. The lowest BCUT2D eigenvalue weighted by Crippen LogP contribution is -2.37. The summed E-state index contributed by atoms with van der Waals surface area (Å²) in [4.78, 5) is 12.2. The lowest BCUT2D eigenvalue weighted by atomic mass is 9.73. The van der Waals surface area contributed by atoms with Crippen molar-refractivity contribution in [3.8, 4) is 0 Å². The van der Waals surface area contributed by atoms with Crippen LogP contribution in [0.15, 0.2) is 0 Å². The first kappa shape index (κ1) is 14.9. The Bertz CT molecular complexity index is 305. The molecule has 2 atom stereocenters. The fourth-order valence-electron chi connectivity index (χ4n) is 3.74. The van der Waals surface area contributed by atoms with E-state index >= 15 is 0 Å². The van der Waals surface area contributed by atoms with Crippen LogP contribution in [0.4, 0.5) is 13.2 Å². The summed E-state index contributed by atoms with van der Waals surface area (Å²) in [6.07, 6.45) is 3.66. The third-order valence-electron chi connectivity index (χ3n) is 4.81. The molecule has 2 saturated carbocycles. The molecule has 4 heteroatoms. The highest BCUT2D eigenvalue weighted by Crippen LogP contribution is 2.43. The minimum atomic E-state index is -4.20. The van der Waals surface area contributed by atoms with Gasteiger partial charge in [0.2, 0.25) is 0 Å². The second kappa shape index (κ2) is 6.27. The van der Waals surface area contributed by atoms with Gasteiger partial charge in [-0.25, -0.2) is 0 Å². The van der Waals surface area contributed by atoms with Crippen LogP contribution in [0.3, 0.4) is 0 Å². The lowest BCUT2D eigenvalue weighted by Gasteiger charge is -2.33. The summed E-state index contributed by atoms with van der Waals surface area (Å²) in [5.74, 6) is -1.90. The van der Waals surface area contributed by atoms with Crippen molar-refractivity contribution in [3.63, 3.8) is 0 Å². The Balaban J connectivity index is 1.95. The number of alkyl halides is 3. The predicted molar refractivity (Wildman–Crippen MR) is 67.7 cm³/mol. The Kier molecular flexibility index (Phi) is 4.91. The molecule has 2 unspecified atom stereocenters. The molecule has 19 heavy (non-hydrogen) atoms. The number of ketones is 1. The normalized spacial score (nSPS) is 30.3. The molecule has 0 radical (unpaired) electrons. The highest BCUT2D eigenvalue weighted by Gasteiger charge is 2.47. The van der Waals surface area contributed by atoms with Crippen molar-refractivity contribution in [2.24, 2.45) is 17.8 Å². The number of carbonyl (C=O) groups is 1. The third-order valence-corrected chi connectivity index (χ3v) is 4.81. The monoisotopic (exact) mass is 276 g/mol. The number of rotatable bonds is 3. The molecular formula is C15H23F3O. The molecule has 0 aromatic carbocycles. The summed E-state index contributed by atoms with van der Waals surface area (Å²) < 4.78 is 38.9. The van der Waals surface area contributed by atoms with Gasteiger partial charge in [-0.1, -0.05) is 44.9 Å². The molecule has 0 spiro atoms. The van der Waals surface area contributed by atoms with Crippen molar-refractivity contribution in [1.29, 1.82) is 0 Å². The smallest absolute Gasteiger partial charge is 0.299 e.